The van der Waals surface area contributed by atoms with Crippen molar-refractivity contribution in [3.63, 3.8) is 0 Å². The van der Waals surface area contributed by atoms with Crippen molar-refractivity contribution < 1.29 is 0 Å². The summed E-state index contributed by atoms with van der Waals surface area (Å²) in [6, 6.07) is 0.594. The summed E-state index contributed by atoms with van der Waals surface area (Å²) >= 11 is 1.79. The molecule has 1 aliphatic heterocycles. The van der Waals surface area contributed by atoms with Gasteiger partial charge < -0.3 is 5.32 Å². The van der Waals surface area contributed by atoms with Crippen molar-refractivity contribution in [1.82, 2.24) is 15.2 Å². The van der Waals surface area contributed by atoms with Gasteiger partial charge in [0.2, 0.25) is 0 Å². The fourth-order valence-electron chi connectivity index (χ4n) is 2.52. The van der Waals surface area contributed by atoms with Gasteiger partial charge in [0.15, 0.2) is 0 Å². The number of rotatable bonds is 5. The highest BCUT2D eigenvalue weighted by Crippen LogP contribution is 2.18. The lowest BCUT2D eigenvalue weighted by atomic mass is 9.98. The van der Waals surface area contributed by atoms with Gasteiger partial charge in [0.05, 0.1) is 6.54 Å². The van der Waals surface area contributed by atoms with Gasteiger partial charge in [-0.1, -0.05) is 0 Å². The number of hydrogen-bond acceptors (Lipinski definition) is 4. The van der Waals surface area contributed by atoms with E-state index < -0.39 is 0 Å². The van der Waals surface area contributed by atoms with Gasteiger partial charge in [-0.2, -0.15) is 0 Å². The molecule has 0 amide bonds. The molecule has 18 heavy (non-hydrogen) atoms. The largest absolute Gasteiger partial charge is 0.316 e. The zero-order chi connectivity index (χ0) is 13.0. The van der Waals surface area contributed by atoms with Crippen LogP contribution < -0.4 is 5.32 Å². The van der Waals surface area contributed by atoms with Crippen LogP contribution >= 0.6 is 11.3 Å². The summed E-state index contributed by atoms with van der Waals surface area (Å²) in [4.78, 5) is 7.15. The molecule has 1 fully saturated rings. The Bertz CT molecular complexity index is 356. The van der Waals surface area contributed by atoms with Gasteiger partial charge in [-0.05, 0) is 52.6 Å². The van der Waals surface area contributed by atoms with Crippen LogP contribution in [0.15, 0.2) is 5.38 Å². The molecule has 4 heteroatoms. The highest BCUT2D eigenvalue weighted by molar-refractivity contribution is 7.09. The summed E-state index contributed by atoms with van der Waals surface area (Å²) in [5.41, 5.74) is 1.15. The van der Waals surface area contributed by atoms with Crippen molar-refractivity contribution >= 4 is 11.3 Å². The summed E-state index contributed by atoms with van der Waals surface area (Å²) < 4.78 is 0. The molecule has 0 radical (unpaired) electrons. The van der Waals surface area contributed by atoms with Gasteiger partial charge >= 0.3 is 0 Å². The fourth-order valence-corrected chi connectivity index (χ4v) is 3.31. The highest BCUT2D eigenvalue weighted by Gasteiger charge is 2.19. The lowest BCUT2D eigenvalue weighted by molar-refractivity contribution is 0.163. The third-order valence-electron chi connectivity index (χ3n) is 3.63. The van der Waals surface area contributed by atoms with Gasteiger partial charge in [-0.3, -0.25) is 4.90 Å². The monoisotopic (exact) mass is 267 g/mol. The minimum Gasteiger partial charge on any atom is -0.316 e. The summed E-state index contributed by atoms with van der Waals surface area (Å²) in [6.07, 6.45) is 2.69. The van der Waals surface area contributed by atoms with E-state index in [1.807, 2.05) is 0 Å². The van der Waals surface area contributed by atoms with Crippen LogP contribution in [0, 0.1) is 12.8 Å². The lowest BCUT2D eigenvalue weighted by Gasteiger charge is -2.32. The van der Waals surface area contributed by atoms with Crippen LogP contribution in [-0.4, -0.2) is 35.6 Å². The topological polar surface area (TPSA) is 28.2 Å². The zero-order valence-corrected chi connectivity index (χ0v) is 12.6. The highest BCUT2D eigenvalue weighted by atomic mass is 32.1. The molecule has 1 N–H and O–H groups in total. The Morgan fingerprint density at radius 1 is 1.56 bits per heavy atom. The van der Waals surface area contributed by atoms with Crippen LogP contribution in [0.4, 0.5) is 0 Å². The smallest absolute Gasteiger partial charge is 0.107 e. The van der Waals surface area contributed by atoms with E-state index in [1.54, 1.807) is 11.3 Å². The maximum absolute atomic E-state index is 4.59. The van der Waals surface area contributed by atoms with Crippen LogP contribution in [0.25, 0.3) is 0 Å². The third-order valence-corrected chi connectivity index (χ3v) is 4.58. The van der Waals surface area contributed by atoms with Crippen LogP contribution in [0.2, 0.25) is 0 Å². The molecule has 0 aromatic carbocycles. The Morgan fingerprint density at radius 2 is 2.39 bits per heavy atom. The lowest BCUT2D eigenvalue weighted by Crippen LogP contribution is -2.40. The van der Waals surface area contributed by atoms with Crippen LogP contribution in [-0.2, 0) is 6.54 Å². The Labute approximate surface area is 115 Å². The summed E-state index contributed by atoms with van der Waals surface area (Å²) in [6.45, 7) is 11.2. The Morgan fingerprint density at radius 3 is 2.94 bits per heavy atom. The molecule has 102 valence electrons. The van der Waals surface area contributed by atoms with Crippen molar-refractivity contribution in [3.8, 4) is 0 Å². The predicted octanol–water partition coefficient (Wildman–Crippen LogP) is 2.66. The maximum Gasteiger partial charge on any atom is 0.107 e. The number of thiazole rings is 1. The first-order valence-corrected chi connectivity index (χ1v) is 7.89. The first-order valence-electron chi connectivity index (χ1n) is 7.01. The Kier molecular flexibility index (Phi) is 5.15. The predicted molar refractivity (Wildman–Crippen MR) is 78.0 cm³/mol. The molecule has 2 heterocycles. The van der Waals surface area contributed by atoms with Crippen molar-refractivity contribution in [2.75, 3.05) is 19.6 Å². The van der Waals surface area contributed by atoms with Crippen LogP contribution in [0.3, 0.4) is 0 Å². The first kappa shape index (κ1) is 14.0. The average molecular weight is 267 g/mol. The molecule has 3 nitrogen and oxygen atoms in total. The van der Waals surface area contributed by atoms with Crippen molar-refractivity contribution in [1.29, 1.82) is 0 Å². The minimum atomic E-state index is 0.594. The molecule has 0 bridgehead atoms. The number of nitrogens with one attached hydrogen (secondary N) is 1. The van der Waals surface area contributed by atoms with E-state index in [9.17, 15) is 0 Å². The van der Waals surface area contributed by atoms with Gasteiger partial charge in [0.25, 0.3) is 0 Å². The molecular weight excluding hydrogens is 242 g/mol. The van der Waals surface area contributed by atoms with Crippen LogP contribution in [0.5, 0.6) is 0 Å². The van der Waals surface area contributed by atoms with Gasteiger partial charge in [-0.15, -0.1) is 11.3 Å². The Hall–Kier alpha value is -0.450. The van der Waals surface area contributed by atoms with Crippen molar-refractivity contribution in [2.45, 2.75) is 46.2 Å². The van der Waals surface area contributed by atoms with E-state index in [4.69, 9.17) is 0 Å². The van der Waals surface area contributed by atoms with E-state index in [0.29, 0.717) is 6.04 Å². The molecule has 1 aliphatic rings. The average Bonchev–Trinajstić information content (AvgIpc) is 2.75. The van der Waals surface area contributed by atoms with E-state index >= 15 is 0 Å². The summed E-state index contributed by atoms with van der Waals surface area (Å²) in [7, 11) is 0. The molecule has 1 atom stereocenters. The summed E-state index contributed by atoms with van der Waals surface area (Å²) in [5, 5.41) is 6.91. The van der Waals surface area contributed by atoms with E-state index in [0.717, 1.165) is 18.2 Å². The number of aryl methyl sites for hydroxylation is 1. The third kappa shape index (κ3) is 4.04. The number of piperidine rings is 1. The molecule has 1 aromatic heterocycles. The minimum absolute atomic E-state index is 0.594. The molecule has 0 aliphatic carbocycles. The summed E-state index contributed by atoms with van der Waals surface area (Å²) in [5.74, 6) is 0.808. The Balaban J connectivity index is 1.90. The zero-order valence-electron chi connectivity index (χ0n) is 11.8. The van der Waals surface area contributed by atoms with E-state index in [1.165, 1.54) is 37.5 Å². The standard InChI is InChI=1S/C14H25N3S/c1-11(2)17(8-13-5-4-6-15-7-13)9-14-16-12(3)10-18-14/h10-11,13,15H,4-9H2,1-3H3. The first-order chi connectivity index (χ1) is 8.65. The van der Waals surface area contributed by atoms with Crippen molar-refractivity contribution in [2.24, 2.45) is 5.92 Å². The van der Waals surface area contributed by atoms with Gasteiger partial charge in [0.1, 0.15) is 5.01 Å². The van der Waals surface area contributed by atoms with Gasteiger partial charge in [-0.25, -0.2) is 4.98 Å². The second-order valence-electron chi connectivity index (χ2n) is 5.62. The van der Waals surface area contributed by atoms with Crippen LogP contribution in [0.1, 0.15) is 37.4 Å². The molecule has 1 aromatic rings. The number of aromatic nitrogens is 1. The quantitative estimate of drug-likeness (QED) is 0.889. The molecule has 1 unspecified atom stereocenters. The molecular formula is C14H25N3S. The molecule has 2 rings (SSSR count). The van der Waals surface area contributed by atoms with E-state index in [2.05, 4.69) is 41.4 Å². The second kappa shape index (κ2) is 6.64. The number of hydrogen-bond donors (Lipinski definition) is 1. The molecule has 1 saturated heterocycles. The number of nitrogens with zero attached hydrogens (tertiary/aromatic N) is 2. The second-order valence-corrected chi connectivity index (χ2v) is 6.56. The fraction of sp³-hybridized carbons (Fsp3) is 0.786. The van der Waals surface area contributed by atoms with Crippen molar-refractivity contribution in [3.05, 3.63) is 16.1 Å². The molecule has 0 spiro atoms. The molecule has 0 saturated carbocycles. The normalized spacial score (nSPS) is 20.8. The SMILES string of the molecule is Cc1csc(CN(CC2CCCNC2)C(C)C)n1. The van der Waals surface area contributed by atoms with E-state index in [-0.39, 0.29) is 0 Å². The van der Waals surface area contributed by atoms with Gasteiger partial charge in [0, 0.05) is 23.7 Å². The maximum atomic E-state index is 4.59.